The number of ether oxygens (including phenoxy) is 1. The molecule has 7 nitrogen and oxygen atoms in total. The number of rotatable bonds is 4. The molecule has 1 spiro atoms. The summed E-state index contributed by atoms with van der Waals surface area (Å²) < 4.78 is 5.47. The van der Waals surface area contributed by atoms with Gasteiger partial charge in [0.15, 0.2) is 0 Å². The summed E-state index contributed by atoms with van der Waals surface area (Å²) in [5.41, 5.74) is 0.396. The van der Waals surface area contributed by atoms with Gasteiger partial charge in [-0.1, -0.05) is 6.07 Å². The Kier molecular flexibility index (Phi) is 3.98. The number of carbonyl (C=O) groups excluding carboxylic acids is 2. The highest BCUT2D eigenvalue weighted by molar-refractivity contribution is 5.78. The lowest BCUT2D eigenvalue weighted by atomic mass is 10.0. The second kappa shape index (κ2) is 5.92. The van der Waals surface area contributed by atoms with Crippen LogP contribution in [0.3, 0.4) is 0 Å². The van der Waals surface area contributed by atoms with E-state index in [-0.39, 0.29) is 12.0 Å². The van der Waals surface area contributed by atoms with Crippen LogP contribution >= 0.6 is 0 Å². The van der Waals surface area contributed by atoms with Gasteiger partial charge in [-0.25, -0.2) is 4.79 Å². The van der Waals surface area contributed by atoms with Crippen LogP contribution < -0.4 is 5.32 Å². The van der Waals surface area contributed by atoms with E-state index in [0.717, 1.165) is 18.7 Å². The van der Waals surface area contributed by atoms with Gasteiger partial charge in [-0.15, -0.1) is 0 Å². The zero-order chi connectivity index (χ0) is 15.6. The zero-order valence-corrected chi connectivity index (χ0v) is 12.6. The fraction of sp³-hybridized carbons (Fsp3) is 0.533. The van der Waals surface area contributed by atoms with Crippen molar-refractivity contribution in [2.45, 2.75) is 18.6 Å². The van der Waals surface area contributed by atoms with Crippen LogP contribution in [-0.2, 0) is 16.1 Å². The molecule has 0 radical (unpaired) electrons. The van der Waals surface area contributed by atoms with Gasteiger partial charge in [-0.2, -0.15) is 0 Å². The van der Waals surface area contributed by atoms with E-state index in [2.05, 4.69) is 10.3 Å². The normalized spacial score (nSPS) is 24.8. The van der Waals surface area contributed by atoms with Crippen molar-refractivity contribution in [1.82, 2.24) is 20.1 Å². The molecule has 1 N–H and O–H groups in total. The lowest BCUT2D eigenvalue weighted by Crippen LogP contribution is -2.40. The van der Waals surface area contributed by atoms with Crippen molar-refractivity contribution in [3.05, 3.63) is 30.1 Å². The molecule has 7 heteroatoms. The highest BCUT2D eigenvalue weighted by atomic mass is 16.6. The summed E-state index contributed by atoms with van der Waals surface area (Å²) in [6, 6.07) is 5.61. The summed E-state index contributed by atoms with van der Waals surface area (Å²) in [7, 11) is 1.74. The van der Waals surface area contributed by atoms with Gasteiger partial charge < -0.3 is 15.0 Å². The first-order valence-electron chi connectivity index (χ1n) is 7.39. The number of pyridine rings is 1. The van der Waals surface area contributed by atoms with E-state index in [9.17, 15) is 9.59 Å². The molecule has 22 heavy (non-hydrogen) atoms. The predicted molar refractivity (Wildman–Crippen MR) is 79.0 cm³/mol. The first-order chi connectivity index (χ1) is 10.6. The Morgan fingerprint density at radius 3 is 3.00 bits per heavy atom. The second-order valence-corrected chi connectivity index (χ2v) is 5.97. The van der Waals surface area contributed by atoms with E-state index in [4.69, 9.17) is 4.74 Å². The van der Waals surface area contributed by atoms with E-state index in [0.29, 0.717) is 26.2 Å². The summed E-state index contributed by atoms with van der Waals surface area (Å²) in [6.45, 7) is 2.71. The number of aromatic nitrogens is 1. The number of hydrogen-bond acceptors (Lipinski definition) is 5. The Morgan fingerprint density at radius 2 is 2.32 bits per heavy atom. The Hall–Kier alpha value is -2.15. The predicted octanol–water partition coefficient (Wildman–Crippen LogP) is 0.224. The second-order valence-electron chi connectivity index (χ2n) is 5.97. The van der Waals surface area contributed by atoms with E-state index >= 15 is 0 Å². The molecule has 2 saturated heterocycles. The van der Waals surface area contributed by atoms with Crippen LogP contribution in [0.5, 0.6) is 0 Å². The average molecular weight is 304 g/mol. The number of amides is 2. The van der Waals surface area contributed by atoms with Crippen molar-refractivity contribution in [3.63, 3.8) is 0 Å². The van der Waals surface area contributed by atoms with Crippen LogP contribution in [0.1, 0.15) is 12.1 Å². The fourth-order valence-corrected chi connectivity index (χ4v) is 3.02. The SMILES string of the molecule is CN1C[C@@]2(CCN(CC(=O)NCc3ccccn3)C2)OC1=O. The van der Waals surface area contributed by atoms with Gasteiger partial charge in [0.25, 0.3) is 0 Å². The van der Waals surface area contributed by atoms with Crippen LogP contribution in [0.15, 0.2) is 24.4 Å². The molecule has 1 aromatic rings. The number of likely N-dealkylation sites (tertiary alicyclic amines) is 1. The quantitative estimate of drug-likeness (QED) is 0.861. The summed E-state index contributed by atoms with van der Waals surface area (Å²) in [6.07, 6.45) is 2.20. The molecule has 0 saturated carbocycles. The van der Waals surface area contributed by atoms with E-state index in [1.807, 2.05) is 23.1 Å². The van der Waals surface area contributed by atoms with Crippen molar-refractivity contribution < 1.29 is 14.3 Å². The molecule has 0 unspecified atom stereocenters. The molecule has 2 amide bonds. The Bertz CT molecular complexity index is 565. The minimum absolute atomic E-state index is 0.0413. The highest BCUT2D eigenvalue weighted by Gasteiger charge is 2.48. The molecule has 0 aliphatic carbocycles. The molecular formula is C15H20N4O3. The molecule has 2 aliphatic heterocycles. The van der Waals surface area contributed by atoms with Crippen molar-refractivity contribution in [2.24, 2.45) is 0 Å². The molecule has 0 bridgehead atoms. The maximum absolute atomic E-state index is 12.0. The molecule has 1 aromatic heterocycles. The largest absolute Gasteiger partial charge is 0.439 e. The maximum atomic E-state index is 12.0. The zero-order valence-electron chi connectivity index (χ0n) is 12.6. The molecule has 1 atom stereocenters. The number of nitrogens with one attached hydrogen (secondary N) is 1. The molecule has 118 valence electrons. The van der Waals surface area contributed by atoms with Gasteiger partial charge >= 0.3 is 6.09 Å². The molecule has 0 aromatic carbocycles. The number of hydrogen-bond donors (Lipinski definition) is 1. The van der Waals surface area contributed by atoms with Gasteiger partial charge in [-0.3, -0.25) is 14.7 Å². The molecular weight excluding hydrogens is 284 g/mol. The van der Waals surface area contributed by atoms with Crippen LogP contribution in [-0.4, -0.2) is 65.6 Å². The van der Waals surface area contributed by atoms with Gasteiger partial charge in [0.1, 0.15) is 5.60 Å². The van der Waals surface area contributed by atoms with Crippen LogP contribution in [0.25, 0.3) is 0 Å². The summed E-state index contributed by atoms with van der Waals surface area (Å²) in [5, 5.41) is 2.86. The van der Waals surface area contributed by atoms with Gasteiger partial charge in [0.2, 0.25) is 5.91 Å². The van der Waals surface area contributed by atoms with Crippen molar-refractivity contribution >= 4 is 12.0 Å². The number of carbonyl (C=O) groups is 2. The summed E-state index contributed by atoms with van der Waals surface area (Å²) >= 11 is 0. The third-order valence-corrected chi connectivity index (χ3v) is 4.10. The maximum Gasteiger partial charge on any atom is 0.410 e. The van der Waals surface area contributed by atoms with Crippen molar-refractivity contribution in [1.29, 1.82) is 0 Å². The highest BCUT2D eigenvalue weighted by Crippen LogP contribution is 2.31. The third kappa shape index (κ3) is 3.19. The standard InChI is InChI=1S/C15H20N4O3/c1-18-10-15(22-14(18)21)5-7-19(11-15)9-13(20)17-8-12-4-2-3-6-16-12/h2-4,6H,5,7-11H2,1H3,(H,17,20)/t15-/m1/s1. The fourth-order valence-electron chi connectivity index (χ4n) is 3.02. The monoisotopic (exact) mass is 304 g/mol. The van der Waals surface area contributed by atoms with E-state index in [1.54, 1.807) is 18.1 Å². The number of likely N-dealkylation sites (N-methyl/N-ethyl adjacent to an activating group) is 1. The molecule has 2 aliphatic rings. The van der Waals surface area contributed by atoms with Crippen LogP contribution in [0, 0.1) is 0 Å². The Balaban J connectivity index is 1.46. The van der Waals surface area contributed by atoms with Gasteiger partial charge in [0.05, 0.1) is 25.3 Å². The minimum atomic E-state index is -0.437. The first-order valence-corrected chi connectivity index (χ1v) is 7.39. The molecule has 2 fully saturated rings. The Labute approximate surface area is 129 Å². The Morgan fingerprint density at radius 1 is 1.45 bits per heavy atom. The van der Waals surface area contributed by atoms with E-state index in [1.165, 1.54) is 0 Å². The molecule has 3 rings (SSSR count). The first kappa shape index (κ1) is 14.8. The number of nitrogens with zero attached hydrogens (tertiary/aromatic N) is 3. The average Bonchev–Trinajstić information content (AvgIpc) is 3.01. The van der Waals surface area contributed by atoms with Gasteiger partial charge in [0, 0.05) is 32.8 Å². The topological polar surface area (TPSA) is 74.8 Å². The van der Waals surface area contributed by atoms with E-state index < -0.39 is 5.60 Å². The molecule has 3 heterocycles. The smallest absolute Gasteiger partial charge is 0.410 e. The summed E-state index contributed by atoms with van der Waals surface area (Å²) in [5.74, 6) is -0.0413. The van der Waals surface area contributed by atoms with Crippen molar-refractivity contribution in [2.75, 3.05) is 33.2 Å². The van der Waals surface area contributed by atoms with Crippen molar-refractivity contribution in [3.8, 4) is 0 Å². The lowest BCUT2D eigenvalue weighted by molar-refractivity contribution is -0.122. The van der Waals surface area contributed by atoms with Crippen LogP contribution in [0.2, 0.25) is 0 Å². The van der Waals surface area contributed by atoms with Crippen LogP contribution in [0.4, 0.5) is 4.79 Å². The summed E-state index contributed by atoms with van der Waals surface area (Å²) in [4.78, 5) is 31.3. The lowest BCUT2D eigenvalue weighted by Gasteiger charge is -2.21. The van der Waals surface area contributed by atoms with Gasteiger partial charge in [-0.05, 0) is 12.1 Å². The third-order valence-electron chi connectivity index (χ3n) is 4.10. The minimum Gasteiger partial charge on any atom is -0.439 e.